The Hall–Kier alpha value is -1.55. The molecule has 0 spiro atoms. The maximum absolute atomic E-state index is 5.74. The number of nitrogen functional groups attached to an aromatic ring is 1. The number of ether oxygens (including phenoxy) is 1. The summed E-state index contributed by atoms with van der Waals surface area (Å²) in [5, 5.41) is 0. The van der Waals surface area contributed by atoms with Crippen LogP contribution in [0.4, 0.5) is 5.82 Å². The number of halogens is 1. The number of aromatic nitrogens is 1. The molecule has 82 valence electrons. The fourth-order valence-corrected chi connectivity index (χ4v) is 1.94. The van der Waals surface area contributed by atoms with Gasteiger partial charge in [-0.3, -0.25) is 0 Å². The SMILES string of the molecule is COc1cccc(-c2ccnc(N)c2Br)c1. The van der Waals surface area contributed by atoms with E-state index in [1.54, 1.807) is 13.3 Å². The Kier molecular flexibility index (Phi) is 3.10. The third-order valence-electron chi connectivity index (χ3n) is 2.30. The van der Waals surface area contributed by atoms with Crippen molar-refractivity contribution < 1.29 is 4.74 Å². The first-order valence-electron chi connectivity index (χ1n) is 4.77. The van der Waals surface area contributed by atoms with Crippen LogP contribution in [0.3, 0.4) is 0 Å². The topological polar surface area (TPSA) is 48.1 Å². The summed E-state index contributed by atoms with van der Waals surface area (Å²) in [7, 11) is 1.65. The molecule has 0 aliphatic carbocycles. The maximum atomic E-state index is 5.74. The minimum atomic E-state index is 0.486. The molecule has 0 atom stereocenters. The molecular formula is C12H11BrN2O. The van der Waals surface area contributed by atoms with E-state index in [-0.39, 0.29) is 0 Å². The van der Waals surface area contributed by atoms with Crippen LogP contribution in [0.1, 0.15) is 0 Å². The third-order valence-corrected chi connectivity index (χ3v) is 3.13. The molecule has 0 bridgehead atoms. The Morgan fingerprint density at radius 1 is 1.31 bits per heavy atom. The van der Waals surface area contributed by atoms with E-state index < -0.39 is 0 Å². The van der Waals surface area contributed by atoms with Gasteiger partial charge in [0.25, 0.3) is 0 Å². The number of rotatable bonds is 2. The Labute approximate surface area is 102 Å². The fraction of sp³-hybridized carbons (Fsp3) is 0.0833. The van der Waals surface area contributed by atoms with Crippen LogP contribution in [0.25, 0.3) is 11.1 Å². The van der Waals surface area contributed by atoms with Gasteiger partial charge in [0, 0.05) is 11.8 Å². The lowest BCUT2D eigenvalue weighted by atomic mass is 10.1. The van der Waals surface area contributed by atoms with Crippen LogP contribution in [0, 0.1) is 0 Å². The van der Waals surface area contributed by atoms with Crippen LogP contribution in [-0.2, 0) is 0 Å². The zero-order valence-electron chi connectivity index (χ0n) is 8.77. The number of anilines is 1. The second-order valence-corrected chi connectivity index (χ2v) is 4.08. The first-order valence-corrected chi connectivity index (χ1v) is 5.56. The zero-order valence-corrected chi connectivity index (χ0v) is 10.4. The number of methoxy groups -OCH3 is 1. The highest BCUT2D eigenvalue weighted by Crippen LogP contribution is 2.32. The van der Waals surface area contributed by atoms with Crippen molar-refractivity contribution >= 4 is 21.7 Å². The number of nitrogens with two attached hydrogens (primary N) is 1. The van der Waals surface area contributed by atoms with Gasteiger partial charge >= 0.3 is 0 Å². The summed E-state index contributed by atoms with van der Waals surface area (Å²) >= 11 is 3.44. The van der Waals surface area contributed by atoms with Gasteiger partial charge in [-0.1, -0.05) is 12.1 Å². The van der Waals surface area contributed by atoms with Crippen molar-refractivity contribution in [3.8, 4) is 16.9 Å². The molecule has 0 saturated carbocycles. The van der Waals surface area contributed by atoms with Crippen molar-refractivity contribution in [1.82, 2.24) is 4.98 Å². The Morgan fingerprint density at radius 2 is 2.12 bits per heavy atom. The summed E-state index contributed by atoms with van der Waals surface area (Å²) in [6.45, 7) is 0. The van der Waals surface area contributed by atoms with Gasteiger partial charge in [-0.25, -0.2) is 4.98 Å². The molecule has 1 aromatic carbocycles. The fourth-order valence-electron chi connectivity index (χ4n) is 1.47. The molecule has 1 heterocycles. The number of pyridine rings is 1. The molecule has 0 amide bonds. The van der Waals surface area contributed by atoms with Gasteiger partial charge in [-0.15, -0.1) is 0 Å². The van der Waals surface area contributed by atoms with E-state index in [0.717, 1.165) is 21.3 Å². The van der Waals surface area contributed by atoms with Crippen molar-refractivity contribution in [3.63, 3.8) is 0 Å². The van der Waals surface area contributed by atoms with E-state index in [2.05, 4.69) is 20.9 Å². The molecule has 0 unspecified atom stereocenters. The smallest absolute Gasteiger partial charge is 0.138 e. The van der Waals surface area contributed by atoms with E-state index >= 15 is 0 Å². The molecule has 0 aliphatic heterocycles. The van der Waals surface area contributed by atoms with Gasteiger partial charge in [0.2, 0.25) is 0 Å². The second-order valence-electron chi connectivity index (χ2n) is 3.29. The molecular weight excluding hydrogens is 268 g/mol. The molecule has 0 saturated heterocycles. The number of hydrogen-bond donors (Lipinski definition) is 1. The number of nitrogens with zero attached hydrogens (tertiary/aromatic N) is 1. The summed E-state index contributed by atoms with van der Waals surface area (Å²) in [6, 6.07) is 9.72. The predicted molar refractivity (Wildman–Crippen MR) is 68.3 cm³/mol. The molecule has 2 rings (SSSR count). The van der Waals surface area contributed by atoms with Gasteiger partial charge in [-0.05, 0) is 39.7 Å². The van der Waals surface area contributed by atoms with Crippen LogP contribution >= 0.6 is 15.9 Å². The third kappa shape index (κ3) is 2.02. The molecule has 1 aromatic heterocycles. The normalized spacial score (nSPS) is 10.1. The predicted octanol–water partition coefficient (Wildman–Crippen LogP) is 3.10. The van der Waals surface area contributed by atoms with Crippen LogP contribution in [0.15, 0.2) is 41.0 Å². The summed E-state index contributed by atoms with van der Waals surface area (Å²) in [6.07, 6.45) is 1.69. The van der Waals surface area contributed by atoms with E-state index in [0.29, 0.717) is 5.82 Å². The van der Waals surface area contributed by atoms with E-state index in [1.807, 2.05) is 30.3 Å². The van der Waals surface area contributed by atoms with E-state index in [1.165, 1.54) is 0 Å². The molecule has 3 nitrogen and oxygen atoms in total. The monoisotopic (exact) mass is 278 g/mol. The minimum absolute atomic E-state index is 0.486. The summed E-state index contributed by atoms with van der Waals surface area (Å²) in [5.74, 6) is 1.31. The largest absolute Gasteiger partial charge is 0.497 e. The molecule has 2 aromatic rings. The van der Waals surface area contributed by atoms with Crippen molar-refractivity contribution in [2.24, 2.45) is 0 Å². The average Bonchev–Trinajstić information content (AvgIpc) is 2.33. The lowest BCUT2D eigenvalue weighted by Gasteiger charge is -2.07. The lowest BCUT2D eigenvalue weighted by Crippen LogP contribution is -1.93. The van der Waals surface area contributed by atoms with Crippen LogP contribution < -0.4 is 10.5 Å². The highest BCUT2D eigenvalue weighted by molar-refractivity contribution is 9.10. The summed E-state index contributed by atoms with van der Waals surface area (Å²) in [4.78, 5) is 4.01. The zero-order chi connectivity index (χ0) is 11.5. The first kappa shape index (κ1) is 11.0. The van der Waals surface area contributed by atoms with Crippen LogP contribution in [0.2, 0.25) is 0 Å². The Morgan fingerprint density at radius 3 is 2.88 bits per heavy atom. The average molecular weight is 279 g/mol. The molecule has 0 radical (unpaired) electrons. The van der Waals surface area contributed by atoms with Gasteiger partial charge in [0.1, 0.15) is 11.6 Å². The van der Waals surface area contributed by atoms with Gasteiger partial charge in [0.05, 0.1) is 11.6 Å². The molecule has 0 fully saturated rings. The Bertz CT molecular complexity index is 514. The van der Waals surface area contributed by atoms with Crippen LogP contribution in [0.5, 0.6) is 5.75 Å². The van der Waals surface area contributed by atoms with Crippen molar-refractivity contribution in [3.05, 3.63) is 41.0 Å². The standard InChI is InChI=1S/C12H11BrN2O/c1-16-9-4-2-3-8(7-9)10-5-6-15-12(14)11(10)13/h2-7H,1H3,(H2,14,15). The molecule has 4 heteroatoms. The van der Waals surface area contributed by atoms with E-state index in [4.69, 9.17) is 10.5 Å². The summed E-state index contributed by atoms with van der Waals surface area (Å²) in [5.41, 5.74) is 7.79. The lowest BCUT2D eigenvalue weighted by molar-refractivity contribution is 0.415. The minimum Gasteiger partial charge on any atom is -0.497 e. The quantitative estimate of drug-likeness (QED) is 0.918. The first-order chi connectivity index (χ1) is 7.72. The molecule has 0 aliphatic rings. The van der Waals surface area contributed by atoms with E-state index in [9.17, 15) is 0 Å². The van der Waals surface area contributed by atoms with Gasteiger partial charge < -0.3 is 10.5 Å². The molecule has 2 N–H and O–H groups in total. The van der Waals surface area contributed by atoms with Crippen LogP contribution in [-0.4, -0.2) is 12.1 Å². The number of hydrogen-bond acceptors (Lipinski definition) is 3. The van der Waals surface area contributed by atoms with Crippen molar-refractivity contribution in [2.75, 3.05) is 12.8 Å². The van der Waals surface area contributed by atoms with Crippen molar-refractivity contribution in [1.29, 1.82) is 0 Å². The van der Waals surface area contributed by atoms with Gasteiger partial charge in [-0.2, -0.15) is 0 Å². The van der Waals surface area contributed by atoms with Crippen molar-refractivity contribution in [2.45, 2.75) is 0 Å². The highest BCUT2D eigenvalue weighted by atomic mass is 79.9. The Balaban J connectivity index is 2.54. The highest BCUT2D eigenvalue weighted by Gasteiger charge is 2.07. The second kappa shape index (κ2) is 4.53. The van der Waals surface area contributed by atoms with Gasteiger partial charge in [0.15, 0.2) is 0 Å². The summed E-state index contributed by atoms with van der Waals surface area (Å²) < 4.78 is 5.99. The molecule has 16 heavy (non-hydrogen) atoms. The number of benzene rings is 1. The maximum Gasteiger partial charge on any atom is 0.138 e.